The third-order valence-corrected chi connectivity index (χ3v) is 2.89. The lowest BCUT2D eigenvalue weighted by Gasteiger charge is -1.88. The zero-order chi connectivity index (χ0) is 8.27. The van der Waals surface area contributed by atoms with E-state index < -0.39 is 0 Å². The number of thiazole rings is 1. The monoisotopic (exact) mass is 189 g/mol. The molecule has 6 heteroatoms. The molecule has 0 aromatic carbocycles. The fourth-order valence-corrected chi connectivity index (χ4v) is 1.78. The molecule has 0 radical (unpaired) electrons. The van der Waals surface area contributed by atoms with Crippen LogP contribution in [-0.2, 0) is 0 Å². The molecule has 1 aromatic rings. The van der Waals surface area contributed by atoms with Gasteiger partial charge in [0.25, 0.3) is 0 Å². The van der Waals surface area contributed by atoms with Gasteiger partial charge in [0.2, 0.25) is 0 Å². The topological polar surface area (TPSA) is 71.5 Å². The molecule has 60 valence electrons. The van der Waals surface area contributed by atoms with Gasteiger partial charge in [-0.2, -0.15) is 0 Å². The maximum Gasteiger partial charge on any atom is 0.189 e. The molecule has 0 unspecified atom stereocenters. The molecule has 1 aromatic heterocycles. The zero-order valence-corrected chi connectivity index (χ0v) is 7.45. The van der Waals surface area contributed by atoms with Crippen LogP contribution in [0.3, 0.4) is 0 Å². The number of nitrogens with zero attached hydrogens (tertiary/aromatic N) is 2. The second kappa shape index (κ2) is 3.59. The summed E-state index contributed by atoms with van der Waals surface area (Å²) in [5.41, 5.74) is 5.83. The van der Waals surface area contributed by atoms with Gasteiger partial charge in [-0.1, -0.05) is 16.9 Å². The van der Waals surface area contributed by atoms with Crippen molar-refractivity contribution in [1.29, 1.82) is 0 Å². The predicted octanol–water partition coefficient (Wildman–Crippen LogP) is 0.960. The molecule has 0 saturated carbocycles. The number of oxime groups is 1. The highest BCUT2D eigenvalue weighted by Gasteiger charge is 2.03. The van der Waals surface area contributed by atoms with Gasteiger partial charge in [0.15, 0.2) is 5.84 Å². The third-order valence-electron chi connectivity index (χ3n) is 1.03. The van der Waals surface area contributed by atoms with Gasteiger partial charge < -0.3 is 10.9 Å². The smallest absolute Gasteiger partial charge is 0.189 e. The molecule has 0 aliphatic heterocycles. The van der Waals surface area contributed by atoms with E-state index >= 15 is 0 Å². The average molecular weight is 189 g/mol. The van der Waals surface area contributed by atoms with Crippen molar-refractivity contribution < 1.29 is 5.21 Å². The quantitative estimate of drug-likeness (QED) is 0.239. The molecule has 0 aliphatic rings. The fourth-order valence-electron chi connectivity index (χ4n) is 0.520. The maximum absolute atomic E-state index is 8.29. The summed E-state index contributed by atoms with van der Waals surface area (Å²) in [6, 6.07) is 0. The van der Waals surface area contributed by atoms with Crippen LogP contribution < -0.4 is 5.73 Å². The van der Waals surface area contributed by atoms with Crippen molar-refractivity contribution in [3.63, 3.8) is 0 Å². The van der Waals surface area contributed by atoms with E-state index in [0.29, 0.717) is 5.69 Å². The van der Waals surface area contributed by atoms with Crippen molar-refractivity contribution >= 4 is 28.9 Å². The van der Waals surface area contributed by atoms with Crippen molar-refractivity contribution in [3.05, 3.63) is 11.1 Å². The van der Waals surface area contributed by atoms with E-state index in [4.69, 9.17) is 10.9 Å². The Kier molecular flexibility index (Phi) is 2.72. The highest BCUT2D eigenvalue weighted by atomic mass is 32.2. The van der Waals surface area contributed by atoms with Crippen LogP contribution in [0.4, 0.5) is 0 Å². The summed E-state index contributed by atoms with van der Waals surface area (Å²) in [6.45, 7) is 0. The first-order valence-corrected chi connectivity index (χ1v) is 4.85. The first-order valence-electron chi connectivity index (χ1n) is 2.75. The summed E-state index contributed by atoms with van der Waals surface area (Å²) in [6.07, 6.45) is 1.93. The van der Waals surface area contributed by atoms with Gasteiger partial charge in [-0.3, -0.25) is 0 Å². The molecule has 0 spiro atoms. The van der Waals surface area contributed by atoms with Crippen molar-refractivity contribution in [3.8, 4) is 0 Å². The molecule has 11 heavy (non-hydrogen) atoms. The number of amidine groups is 1. The molecular formula is C5H7N3OS2. The molecule has 0 fully saturated rings. The first kappa shape index (κ1) is 8.35. The van der Waals surface area contributed by atoms with E-state index in [9.17, 15) is 0 Å². The molecule has 4 nitrogen and oxygen atoms in total. The predicted molar refractivity (Wildman–Crippen MR) is 46.4 cm³/mol. The zero-order valence-electron chi connectivity index (χ0n) is 5.81. The van der Waals surface area contributed by atoms with Gasteiger partial charge in [-0.15, -0.1) is 11.3 Å². The van der Waals surface area contributed by atoms with Crippen molar-refractivity contribution in [1.82, 2.24) is 4.98 Å². The molecule has 0 aliphatic carbocycles. The Hall–Kier alpha value is -0.750. The molecule has 3 N–H and O–H groups in total. The molecule has 0 amide bonds. The van der Waals surface area contributed by atoms with Crippen LogP contribution in [0.15, 0.2) is 14.9 Å². The summed E-state index contributed by atoms with van der Waals surface area (Å²) >= 11 is 3.01. The van der Waals surface area contributed by atoms with Gasteiger partial charge >= 0.3 is 0 Å². The lowest BCUT2D eigenvalue weighted by Crippen LogP contribution is -2.13. The van der Waals surface area contributed by atoms with Crippen molar-refractivity contribution in [2.45, 2.75) is 4.34 Å². The number of rotatable bonds is 2. The van der Waals surface area contributed by atoms with E-state index in [1.807, 2.05) is 6.26 Å². The third kappa shape index (κ3) is 1.84. The van der Waals surface area contributed by atoms with Crippen molar-refractivity contribution in [2.24, 2.45) is 10.9 Å². The molecule has 0 saturated heterocycles. The van der Waals surface area contributed by atoms with Crippen LogP contribution in [0.1, 0.15) is 5.69 Å². The number of hydrogen-bond acceptors (Lipinski definition) is 5. The normalized spacial score (nSPS) is 11.9. The summed E-state index contributed by atoms with van der Waals surface area (Å²) in [7, 11) is 0. The second-order valence-corrected chi connectivity index (χ2v) is 3.60. The van der Waals surface area contributed by atoms with Crippen LogP contribution in [0.2, 0.25) is 0 Å². The molecule has 0 atom stereocenters. The van der Waals surface area contributed by atoms with Crippen LogP contribution >= 0.6 is 23.1 Å². The Morgan fingerprint density at radius 3 is 3.09 bits per heavy atom. The van der Waals surface area contributed by atoms with E-state index in [0.717, 1.165) is 4.34 Å². The number of thioether (sulfide) groups is 1. The Balaban J connectivity index is 2.89. The lowest BCUT2D eigenvalue weighted by atomic mass is 10.5. The number of nitrogens with two attached hydrogens (primary N) is 1. The maximum atomic E-state index is 8.29. The Morgan fingerprint density at radius 2 is 2.64 bits per heavy atom. The standard InChI is InChI=1S/C5H7N3OS2/c1-10-5-7-3(2-11-5)4(6)8-9/h2,9H,1H3,(H2,6,8). The van der Waals surface area contributed by atoms with Crippen LogP contribution in [-0.4, -0.2) is 22.3 Å². The highest BCUT2D eigenvalue weighted by Crippen LogP contribution is 2.19. The van der Waals surface area contributed by atoms with Gasteiger partial charge in [-0.05, 0) is 6.26 Å². The summed E-state index contributed by atoms with van der Waals surface area (Å²) in [4.78, 5) is 4.07. The van der Waals surface area contributed by atoms with Crippen LogP contribution in [0.5, 0.6) is 0 Å². The molecule has 1 heterocycles. The Bertz CT molecular complexity index is 270. The SMILES string of the molecule is CSc1nc(/C(N)=N\O)cs1. The van der Waals surface area contributed by atoms with Gasteiger partial charge in [0.1, 0.15) is 10.0 Å². The minimum absolute atomic E-state index is 0.0570. The van der Waals surface area contributed by atoms with E-state index in [-0.39, 0.29) is 5.84 Å². The number of hydrogen-bond donors (Lipinski definition) is 2. The van der Waals surface area contributed by atoms with E-state index in [1.54, 1.807) is 5.38 Å². The van der Waals surface area contributed by atoms with Crippen LogP contribution in [0, 0.1) is 0 Å². The molecule has 0 bridgehead atoms. The highest BCUT2D eigenvalue weighted by molar-refractivity contribution is 8.00. The summed E-state index contributed by atoms with van der Waals surface area (Å²) < 4.78 is 0.909. The van der Waals surface area contributed by atoms with Crippen LogP contribution in [0.25, 0.3) is 0 Å². The van der Waals surface area contributed by atoms with Gasteiger partial charge in [0.05, 0.1) is 0 Å². The fraction of sp³-hybridized carbons (Fsp3) is 0.200. The van der Waals surface area contributed by atoms with E-state index in [1.165, 1.54) is 23.1 Å². The second-order valence-electron chi connectivity index (χ2n) is 1.69. The molecule has 1 rings (SSSR count). The molecular weight excluding hydrogens is 182 g/mol. The van der Waals surface area contributed by atoms with Crippen molar-refractivity contribution in [2.75, 3.05) is 6.26 Å². The minimum atomic E-state index is 0.0570. The average Bonchev–Trinajstić information content (AvgIpc) is 2.50. The lowest BCUT2D eigenvalue weighted by molar-refractivity contribution is 0.318. The number of aromatic nitrogens is 1. The Morgan fingerprint density at radius 1 is 1.91 bits per heavy atom. The largest absolute Gasteiger partial charge is 0.409 e. The van der Waals surface area contributed by atoms with Gasteiger partial charge in [0, 0.05) is 5.38 Å². The summed E-state index contributed by atoms with van der Waals surface area (Å²) in [5.74, 6) is 0.0570. The first-order chi connectivity index (χ1) is 5.27. The van der Waals surface area contributed by atoms with Gasteiger partial charge in [-0.25, -0.2) is 4.98 Å². The van der Waals surface area contributed by atoms with E-state index in [2.05, 4.69) is 10.1 Å². The summed E-state index contributed by atoms with van der Waals surface area (Å²) in [5, 5.41) is 12.9. The Labute approximate surface area is 72.1 Å². The minimum Gasteiger partial charge on any atom is -0.409 e.